The Kier molecular flexibility index (Phi) is 5.55. The Morgan fingerprint density at radius 2 is 1.97 bits per heavy atom. The van der Waals surface area contributed by atoms with Crippen LogP contribution in [0.1, 0.15) is 38.7 Å². The molecule has 2 N–H and O–H groups in total. The van der Waals surface area contributed by atoms with E-state index in [2.05, 4.69) is 56.1 Å². The van der Waals surface area contributed by atoms with Crippen LogP contribution in [0.25, 0.3) is 22.3 Å². The number of rotatable bonds is 6. The third-order valence-electron chi connectivity index (χ3n) is 5.80. The van der Waals surface area contributed by atoms with E-state index in [0.29, 0.717) is 11.7 Å². The second-order valence-electron chi connectivity index (χ2n) is 9.89. The molecule has 5 rings (SSSR count). The summed E-state index contributed by atoms with van der Waals surface area (Å²) in [4.78, 5) is 14.0. The number of aryl methyl sites for hydroxylation is 2. The zero-order chi connectivity index (χ0) is 23.9. The van der Waals surface area contributed by atoms with Gasteiger partial charge in [-0.2, -0.15) is 0 Å². The number of aromatic nitrogens is 6. The SMILES string of the molecule is COc1cc(-c2nnc3n2CCC3)ccc1Nc1ncc2cc(C)nc(NCC(C)(C)C)c2n1. The molecule has 34 heavy (non-hydrogen) atoms. The molecule has 176 valence electrons. The van der Waals surface area contributed by atoms with Crippen molar-refractivity contribution in [1.29, 1.82) is 0 Å². The summed E-state index contributed by atoms with van der Waals surface area (Å²) in [5.74, 6) is 3.84. The van der Waals surface area contributed by atoms with E-state index >= 15 is 0 Å². The molecule has 9 heteroatoms. The average Bonchev–Trinajstić information content (AvgIpc) is 3.42. The molecule has 9 nitrogen and oxygen atoms in total. The third kappa shape index (κ3) is 4.37. The molecule has 1 aromatic carbocycles. The van der Waals surface area contributed by atoms with E-state index in [1.165, 1.54) is 0 Å². The van der Waals surface area contributed by atoms with Gasteiger partial charge in [0, 0.05) is 42.4 Å². The van der Waals surface area contributed by atoms with Crippen molar-refractivity contribution >= 4 is 28.4 Å². The van der Waals surface area contributed by atoms with E-state index in [4.69, 9.17) is 9.72 Å². The summed E-state index contributed by atoms with van der Waals surface area (Å²) in [5, 5.41) is 16.4. The fourth-order valence-corrected chi connectivity index (χ4v) is 4.12. The van der Waals surface area contributed by atoms with Crippen molar-refractivity contribution in [3.05, 3.63) is 42.0 Å². The van der Waals surface area contributed by atoms with E-state index in [9.17, 15) is 0 Å². The molecule has 1 aliphatic heterocycles. The van der Waals surface area contributed by atoms with Gasteiger partial charge in [0.05, 0.1) is 12.8 Å². The van der Waals surface area contributed by atoms with Gasteiger partial charge in [0.25, 0.3) is 0 Å². The minimum absolute atomic E-state index is 0.117. The summed E-state index contributed by atoms with van der Waals surface area (Å²) in [7, 11) is 1.65. The molecule has 0 spiro atoms. The van der Waals surface area contributed by atoms with Crippen LogP contribution >= 0.6 is 0 Å². The van der Waals surface area contributed by atoms with Crippen molar-refractivity contribution in [3.63, 3.8) is 0 Å². The topological polar surface area (TPSA) is 103 Å². The molecular weight excluding hydrogens is 428 g/mol. The second kappa shape index (κ2) is 8.55. The van der Waals surface area contributed by atoms with Gasteiger partial charge in [0.15, 0.2) is 11.6 Å². The Morgan fingerprint density at radius 1 is 1.12 bits per heavy atom. The molecule has 1 aliphatic rings. The molecule has 0 saturated carbocycles. The van der Waals surface area contributed by atoms with Crippen LogP contribution in [0, 0.1) is 12.3 Å². The van der Waals surface area contributed by atoms with Crippen LogP contribution in [0.2, 0.25) is 0 Å². The number of benzene rings is 1. The van der Waals surface area contributed by atoms with E-state index in [1.807, 2.05) is 37.4 Å². The maximum Gasteiger partial charge on any atom is 0.227 e. The van der Waals surface area contributed by atoms with Gasteiger partial charge in [-0.25, -0.2) is 15.0 Å². The summed E-state index contributed by atoms with van der Waals surface area (Å²) in [5.41, 5.74) is 3.56. The number of fused-ring (bicyclic) bond motifs is 2. The molecule has 4 aromatic rings. The highest BCUT2D eigenvalue weighted by Gasteiger charge is 2.20. The summed E-state index contributed by atoms with van der Waals surface area (Å²) in [6, 6.07) is 7.95. The third-order valence-corrected chi connectivity index (χ3v) is 5.80. The van der Waals surface area contributed by atoms with Crippen LogP contribution in [0.3, 0.4) is 0 Å². The van der Waals surface area contributed by atoms with Crippen LogP contribution in [-0.4, -0.2) is 43.4 Å². The number of nitrogens with one attached hydrogen (secondary N) is 2. The highest BCUT2D eigenvalue weighted by atomic mass is 16.5. The van der Waals surface area contributed by atoms with Crippen molar-refractivity contribution in [2.24, 2.45) is 5.41 Å². The molecule has 0 unspecified atom stereocenters. The highest BCUT2D eigenvalue weighted by molar-refractivity contribution is 5.89. The normalized spacial score (nSPS) is 13.2. The molecule has 3 aromatic heterocycles. The first-order chi connectivity index (χ1) is 16.3. The lowest BCUT2D eigenvalue weighted by atomic mass is 9.97. The van der Waals surface area contributed by atoms with Gasteiger partial charge in [0.2, 0.25) is 5.95 Å². The second-order valence-corrected chi connectivity index (χ2v) is 9.89. The van der Waals surface area contributed by atoms with Gasteiger partial charge in [-0.15, -0.1) is 10.2 Å². The molecule has 0 bridgehead atoms. The van der Waals surface area contributed by atoms with Gasteiger partial charge in [-0.3, -0.25) is 0 Å². The molecular formula is C25H30N8O. The fourth-order valence-electron chi connectivity index (χ4n) is 4.12. The summed E-state index contributed by atoms with van der Waals surface area (Å²) < 4.78 is 7.85. The Labute approximate surface area is 199 Å². The van der Waals surface area contributed by atoms with Crippen molar-refractivity contribution in [2.75, 3.05) is 24.3 Å². The Bertz CT molecular complexity index is 1360. The highest BCUT2D eigenvalue weighted by Crippen LogP contribution is 2.33. The van der Waals surface area contributed by atoms with Crippen molar-refractivity contribution in [3.8, 4) is 17.1 Å². The summed E-state index contributed by atoms with van der Waals surface area (Å²) >= 11 is 0. The zero-order valence-electron chi connectivity index (χ0n) is 20.3. The first kappa shape index (κ1) is 22.1. The van der Waals surface area contributed by atoms with E-state index in [0.717, 1.165) is 71.2 Å². The molecule has 0 atom stereocenters. The van der Waals surface area contributed by atoms with Crippen LogP contribution in [0.5, 0.6) is 5.75 Å². The smallest absolute Gasteiger partial charge is 0.227 e. The summed E-state index contributed by atoms with van der Waals surface area (Å²) in [6.45, 7) is 10.3. The number of nitrogens with zero attached hydrogens (tertiary/aromatic N) is 6. The van der Waals surface area contributed by atoms with E-state index in [1.54, 1.807) is 7.11 Å². The van der Waals surface area contributed by atoms with Gasteiger partial charge >= 0.3 is 0 Å². The van der Waals surface area contributed by atoms with Crippen molar-refractivity contribution in [2.45, 2.75) is 47.1 Å². The number of hydrogen-bond donors (Lipinski definition) is 2. The Balaban J connectivity index is 1.46. The van der Waals surface area contributed by atoms with Crippen LogP contribution in [-0.2, 0) is 13.0 Å². The van der Waals surface area contributed by atoms with Gasteiger partial charge in [-0.05, 0) is 43.0 Å². The lowest BCUT2D eigenvalue weighted by Crippen LogP contribution is -2.20. The molecule has 0 aliphatic carbocycles. The monoisotopic (exact) mass is 458 g/mol. The molecule has 4 heterocycles. The number of hydrogen-bond acceptors (Lipinski definition) is 8. The van der Waals surface area contributed by atoms with Crippen molar-refractivity contribution in [1.82, 2.24) is 29.7 Å². The number of ether oxygens (including phenoxy) is 1. The van der Waals surface area contributed by atoms with E-state index in [-0.39, 0.29) is 5.41 Å². The molecule has 0 amide bonds. The van der Waals surface area contributed by atoms with Crippen LogP contribution in [0.15, 0.2) is 30.5 Å². The van der Waals surface area contributed by atoms with E-state index < -0.39 is 0 Å². The Morgan fingerprint density at radius 3 is 2.76 bits per heavy atom. The van der Waals surface area contributed by atoms with Gasteiger partial charge in [-0.1, -0.05) is 20.8 Å². The Hall–Kier alpha value is -3.75. The minimum Gasteiger partial charge on any atom is -0.495 e. The van der Waals surface area contributed by atoms with Gasteiger partial charge in [0.1, 0.15) is 17.1 Å². The maximum atomic E-state index is 5.68. The molecule has 0 fully saturated rings. The quantitative estimate of drug-likeness (QED) is 0.427. The van der Waals surface area contributed by atoms with Crippen LogP contribution in [0.4, 0.5) is 17.5 Å². The van der Waals surface area contributed by atoms with Crippen LogP contribution < -0.4 is 15.4 Å². The number of anilines is 3. The molecule has 0 radical (unpaired) electrons. The first-order valence-corrected chi connectivity index (χ1v) is 11.6. The number of pyridine rings is 1. The molecule has 0 saturated heterocycles. The average molecular weight is 459 g/mol. The standard InChI is InChI=1S/C25H30N8O/c1-15-11-17-13-26-24(30-21(17)22(28-15)27-14-25(2,3)4)29-18-9-8-16(12-19(18)34-5)23-32-31-20-7-6-10-33(20)23/h8-9,11-13H,6-7,10,14H2,1-5H3,(H,27,28)(H,26,29,30). The lowest BCUT2D eigenvalue weighted by molar-refractivity contribution is 0.417. The fraction of sp³-hybridized carbons (Fsp3) is 0.400. The number of methoxy groups -OCH3 is 1. The largest absolute Gasteiger partial charge is 0.495 e. The predicted octanol–water partition coefficient (Wildman–Crippen LogP) is 4.75. The zero-order valence-corrected chi connectivity index (χ0v) is 20.3. The van der Waals surface area contributed by atoms with Gasteiger partial charge < -0.3 is 19.9 Å². The lowest BCUT2D eigenvalue weighted by Gasteiger charge is -2.20. The minimum atomic E-state index is 0.117. The first-order valence-electron chi connectivity index (χ1n) is 11.6. The van der Waals surface area contributed by atoms with Crippen molar-refractivity contribution < 1.29 is 4.74 Å². The predicted molar refractivity (Wildman–Crippen MR) is 134 cm³/mol. The maximum absolute atomic E-state index is 5.68. The summed E-state index contributed by atoms with van der Waals surface area (Å²) in [6.07, 6.45) is 3.90.